The summed E-state index contributed by atoms with van der Waals surface area (Å²) >= 11 is 0. The molecule has 0 saturated heterocycles. The van der Waals surface area contributed by atoms with Crippen LogP contribution in [0.1, 0.15) is 23.9 Å². The van der Waals surface area contributed by atoms with E-state index in [1.54, 1.807) is 6.07 Å². The van der Waals surface area contributed by atoms with Crippen molar-refractivity contribution in [3.8, 4) is 0 Å². The van der Waals surface area contributed by atoms with Crippen molar-refractivity contribution in [2.45, 2.75) is 19.8 Å². The zero-order valence-electron chi connectivity index (χ0n) is 14.6. The first-order chi connectivity index (χ1) is 12.5. The summed E-state index contributed by atoms with van der Waals surface area (Å²) in [4.78, 5) is 30.8. The van der Waals surface area contributed by atoms with Crippen LogP contribution in [0.2, 0.25) is 0 Å². The molecule has 0 aliphatic heterocycles. The Morgan fingerprint density at radius 1 is 1.08 bits per heavy atom. The van der Waals surface area contributed by atoms with Crippen molar-refractivity contribution in [3.63, 3.8) is 0 Å². The van der Waals surface area contributed by atoms with Crippen molar-refractivity contribution in [1.82, 2.24) is 20.6 Å². The molecule has 136 valence electrons. The van der Waals surface area contributed by atoms with E-state index in [0.29, 0.717) is 12.2 Å². The fourth-order valence-corrected chi connectivity index (χ4v) is 2.26. The largest absolute Gasteiger partial charge is 0.503 e. The predicted octanol–water partition coefficient (Wildman–Crippen LogP) is 1.41. The molecule has 0 fully saturated rings. The Hall–Kier alpha value is -3.22. The molecule has 0 aliphatic carbocycles. The number of aryl methyl sites for hydroxylation is 2. The number of rotatable bonds is 8. The Morgan fingerprint density at radius 2 is 1.81 bits per heavy atom. The third-order valence-electron chi connectivity index (χ3n) is 3.56. The summed E-state index contributed by atoms with van der Waals surface area (Å²) < 4.78 is 0. The van der Waals surface area contributed by atoms with Crippen LogP contribution < -0.4 is 10.6 Å². The molecule has 2 rings (SSSR count). The first-order valence-corrected chi connectivity index (χ1v) is 8.33. The van der Waals surface area contributed by atoms with Crippen molar-refractivity contribution in [2.75, 3.05) is 13.1 Å². The van der Waals surface area contributed by atoms with Crippen LogP contribution in [-0.4, -0.2) is 40.0 Å². The molecule has 2 aromatic rings. The molecule has 1 heterocycles. The van der Waals surface area contributed by atoms with Gasteiger partial charge in [-0.15, -0.1) is 0 Å². The van der Waals surface area contributed by atoms with E-state index in [2.05, 4.69) is 32.7 Å². The monoisotopic (exact) mass is 354 g/mol. The Labute approximate surface area is 152 Å². The lowest BCUT2D eigenvalue weighted by molar-refractivity contribution is -0.121. The number of nitrogens with zero attached hydrogens (tertiary/aromatic N) is 2. The van der Waals surface area contributed by atoms with E-state index in [4.69, 9.17) is 0 Å². The van der Waals surface area contributed by atoms with Crippen LogP contribution in [-0.2, 0) is 22.4 Å². The van der Waals surface area contributed by atoms with Gasteiger partial charge in [-0.25, -0.2) is 9.97 Å². The quantitative estimate of drug-likeness (QED) is 0.378. The highest BCUT2D eigenvalue weighted by atomic mass is 16.3. The van der Waals surface area contributed by atoms with Gasteiger partial charge < -0.3 is 15.7 Å². The van der Waals surface area contributed by atoms with Gasteiger partial charge in [0.05, 0.1) is 5.69 Å². The van der Waals surface area contributed by atoms with Crippen molar-refractivity contribution in [3.05, 3.63) is 65.4 Å². The molecule has 0 radical (unpaired) electrons. The highest BCUT2D eigenvalue weighted by Crippen LogP contribution is 2.08. The van der Waals surface area contributed by atoms with Gasteiger partial charge in [0, 0.05) is 31.8 Å². The second kappa shape index (κ2) is 9.93. The Balaban J connectivity index is 1.90. The minimum absolute atomic E-state index is 0.178. The number of benzene rings is 1. The lowest BCUT2D eigenvalue weighted by Crippen LogP contribution is -2.34. The minimum Gasteiger partial charge on any atom is -0.503 e. The molecule has 0 bridgehead atoms. The first kappa shape index (κ1) is 19.1. The molecule has 0 atom stereocenters. The summed E-state index contributed by atoms with van der Waals surface area (Å²) in [5.41, 5.74) is 2.50. The SMILES string of the molecule is CC(=O)NCCNC(=O)/C(O)=C/c1cc(CCc2ccccc2)ncn1. The maximum absolute atomic E-state index is 11.8. The molecule has 3 N–H and O–H groups in total. The molecular weight excluding hydrogens is 332 g/mol. The zero-order chi connectivity index (χ0) is 18.8. The molecular formula is C19H22N4O3. The molecule has 0 unspecified atom stereocenters. The van der Waals surface area contributed by atoms with E-state index in [0.717, 1.165) is 18.5 Å². The fourth-order valence-electron chi connectivity index (χ4n) is 2.26. The number of carbonyl (C=O) groups excluding carboxylic acids is 2. The van der Waals surface area contributed by atoms with Gasteiger partial charge in [0.15, 0.2) is 5.76 Å². The normalized spacial score (nSPS) is 11.0. The number of carbonyl (C=O) groups is 2. The van der Waals surface area contributed by atoms with E-state index in [1.165, 1.54) is 24.9 Å². The second-order valence-corrected chi connectivity index (χ2v) is 5.69. The van der Waals surface area contributed by atoms with Gasteiger partial charge >= 0.3 is 0 Å². The third-order valence-corrected chi connectivity index (χ3v) is 3.56. The summed E-state index contributed by atoms with van der Waals surface area (Å²) in [5.74, 6) is -1.25. The fraction of sp³-hybridized carbons (Fsp3) is 0.263. The summed E-state index contributed by atoms with van der Waals surface area (Å²) in [5, 5.41) is 14.9. The van der Waals surface area contributed by atoms with Gasteiger partial charge in [0.2, 0.25) is 5.91 Å². The summed E-state index contributed by atoms with van der Waals surface area (Å²) in [6, 6.07) is 11.8. The number of nitrogens with one attached hydrogen (secondary N) is 2. The highest BCUT2D eigenvalue weighted by Gasteiger charge is 2.08. The minimum atomic E-state index is -0.625. The van der Waals surface area contributed by atoms with Gasteiger partial charge in [-0.2, -0.15) is 0 Å². The molecule has 1 aromatic carbocycles. The molecule has 7 nitrogen and oxygen atoms in total. The average Bonchev–Trinajstić information content (AvgIpc) is 2.64. The molecule has 7 heteroatoms. The standard InChI is InChI=1S/C19H22N4O3/c1-14(24)20-9-10-21-19(26)18(25)12-17-11-16(22-13-23-17)8-7-15-5-3-2-4-6-15/h2-6,11-13,25H,7-10H2,1H3,(H,20,24)(H,21,26)/b18-12-. The summed E-state index contributed by atoms with van der Waals surface area (Å²) in [6.45, 7) is 1.91. The summed E-state index contributed by atoms with van der Waals surface area (Å²) in [6.07, 6.45) is 4.28. The maximum Gasteiger partial charge on any atom is 0.286 e. The van der Waals surface area contributed by atoms with Crippen LogP contribution in [0, 0.1) is 0 Å². The maximum atomic E-state index is 11.8. The van der Waals surface area contributed by atoms with Crippen LogP contribution in [0.4, 0.5) is 0 Å². The smallest absolute Gasteiger partial charge is 0.286 e. The number of aromatic nitrogens is 2. The van der Waals surface area contributed by atoms with E-state index >= 15 is 0 Å². The number of hydrogen-bond acceptors (Lipinski definition) is 5. The van der Waals surface area contributed by atoms with Crippen LogP contribution in [0.15, 0.2) is 48.5 Å². The lowest BCUT2D eigenvalue weighted by Gasteiger charge is -2.05. The van der Waals surface area contributed by atoms with Crippen LogP contribution >= 0.6 is 0 Å². The van der Waals surface area contributed by atoms with E-state index < -0.39 is 11.7 Å². The molecule has 2 amide bonds. The van der Waals surface area contributed by atoms with Gasteiger partial charge in [-0.3, -0.25) is 9.59 Å². The number of amides is 2. The highest BCUT2D eigenvalue weighted by molar-refractivity contribution is 5.95. The first-order valence-electron chi connectivity index (χ1n) is 8.33. The van der Waals surface area contributed by atoms with E-state index in [1.807, 2.05) is 18.2 Å². The molecule has 1 aromatic heterocycles. The topological polar surface area (TPSA) is 104 Å². The lowest BCUT2D eigenvalue weighted by atomic mass is 10.1. The van der Waals surface area contributed by atoms with Gasteiger partial charge in [-0.1, -0.05) is 30.3 Å². The van der Waals surface area contributed by atoms with Crippen LogP contribution in [0.3, 0.4) is 0 Å². The average molecular weight is 354 g/mol. The number of aliphatic hydroxyl groups is 1. The van der Waals surface area contributed by atoms with Gasteiger partial charge in [0.1, 0.15) is 6.33 Å². The van der Waals surface area contributed by atoms with E-state index in [-0.39, 0.29) is 12.5 Å². The van der Waals surface area contributed by atoms with Gasteiger partial charge in [0.25, 0.3) is 5.91 Å². The molecule has 26 heavy (non-hydrogen) atoms. The Morgan fingerprint density at radius 3 is 2.54 bits per heavy atom. The second-order valence-electron chi connectivity index (χ2n) is 5.69. The van der Waals surface area contributed by atoms with Crippen molar-refractivity contribution < 1.29 is 14.7 Å². The van der Waals surface area contributed by atoms with Crippen LogP contribution in [0.5, 0.6) is 0 Å². The molecule has 0 spiro atoms. The Bertz CT molecular complexity index is 775. The van der Waals surface area contributed by atoms with Gasteiger partial charge in [-0.05, 0) is 24.5 Å². The van der Waals surface area contributed by atoms with Crippen molar-refractivity contribution >= 4 is 17.9 Å². The molecule has 0 saturated carbocycles. The Kier molecular flexibility index (Phi) is 7.30. The van der Waals surface area contributed by atoms with E-state index in [9.17, 15) is 14.7 Å². The van der Waals surface area contributed by atoms with Crippen molar-refractivity contribution in [2.24, 2.45) is 0 Å². The number of aliphatic hydroxyl groups excluding tert-OH is 1. The molecule has 0 aliphatic rings. The summed E-state index contributed by atoms with van der Waals surface area (Å²) in [7, 11) is 0. The van der Waals surface area contributed by atoms with Crippen LogP contribution in [0.25, 0.3) is 6.08 Å². The number of hydrogen-bond donors (Lipinski definition) is 3. The zero-order valence-corrected chi connectivity index (χ0v) is 14.6. The third kappa shape index (κ3) is 6.72. The van der Waals surface area contributed by atoms with Crippen molar-refractivity contribution in [1.29, 1.82) is 0 Å². The predicted molar refractivity (Wildman–Crippen MR) is 98.2 cm³/mol.